The molecule has 1 unspecified atom stereocenters. The third-order valence-corrected chi connectivity index (χ3v) is 7.56. The van der Waals surface area contributed by atoms with Gasteiger partial charge in [0.05, 0.1) is 32.2 Å². The Bertz CT molecular complexity index is 1400. The number of hydrogen-bond acceptors (Lipinski definition) is 6. The van der Waals surface area contributed by atoms with Gasteiger partial charge < -0.3 is 11.1 Å². The summed E-state index contributed by atoms with van der Waals surface area (Å²) in [6, 6.07) is 20.6. The smallest absolute Gasteiger partial charge is 0.244 e. The fourth-order valence-corrected chi connectivity index (χ4v) is 5.76. The minimum atomic E-state index is -0.720. The molecular weight excluding hydrogens is 479 g/mol. The largest absolute Gasteiger partial charge is 0.400 e. The van der Waals surface area contributed by atoms with E-state index in [9.17, 15) is 9.18 Å². The van der Waals surface area contributed by atoms with Gasteiger partial charge in [0.25, 0.3) is 0 Å². The van der Waals surface area contributed by atoms with Crippen LogP contribution in [0.3, 0.4) is 0 Å². The minimum absolute atomic E-state index is 0.312. The van der Waals surface area contributed by atoms with E-state index in [-0.39, 0.29) is 11.7 Å². The van der Waals surface area contributed by atoms with E-state index in [1.54, 1.807) is 36.4 Å². The molecule has 0 spiro atoms. The maximum atomic E-state index is 13.4. The van der Waals surface area contributed by atoms with Crippen molar-refractivity contribution in [2.45, 2.75) is 5.25 Å². The lowest BCUT2D eigenvalue weighted by Crippen LogP contribution is -2.28. The van der Waals surface area contributed by atoms with Crippen LogP contribution in [0.25, 0.3) is 15.8 Å². The van der Waals surface area contributed by atoms with Gasteiger partial charge in [0.1, 0.15) is 21.1 Å². The van der Waals surface area contributed by atoms with Crippen LogP contribution >= 0.6 is 34.7 Å². The highest BCUT2D eigenvalue weighted by molar-refractivity contribution is 8.16. The number of halogens is 2. The summed E-state index contributed by atoms with van der Waals surface area (Å²) in [5, 5.41) is 3.79. The second kappa shape index (κ2) is 8.97. The number of fused-ring (bicyclic) bond motifs is 1. The van der Waals surface area contributed by atoms with Gasteiger partial charge in [-0.2, -0.15) is 0 Å². The maximum Gasteiger partial charge on any atom is 0.244 e. The zero-order valence-electron chi connectivity index (χ0n) is 17.0. The average Bonchev–Trinajstić information content (AvgIpc) is 3.37. The summed E-state index contributed by atoms with van der Waals surface area (Å²) in [4.78, 5) is 22.5. The maximum absolute atomic E-state index is 13.4. The highest BCUT2D eigenvalue weighted by Crippen LogP contribution is 2.42. The molecule has 3 N–H and O–H groups in total. The fraction of sp³-hybridized carbons (Fsp3) is 0.0417. The van der Waals surface area contributed by atoms with Gasteiger partial charge in [-0.25, -0.2) is 14.4 Å². The number of aromatic nitrogens is 1. The minimum Gasteiger partial charge on any atom is -0.400 e. The normalized spacial score (nSPS) is 17.2. The van der Waals surface area contributed by atoms with Crippen molar-refractivity contribution in [1.82, 2.24) is 4.98 Å². The van der Waals surface area contributed by atoms with Gasteiger partial charge in [-0.15, -0.1) is 11.3 Å². The molecule has 5 rings (SSSR count). The molecule has 9 heteroatoms. The topological polar surface area (TPSA) is 80.4 Å². The Morgan fingerprint density at radius 1 is 1.06 bits per heavy atom. The van der Waals surface area contributed by atoms with Gasteiger partial charge in [0.2, 0.25) is 5.91 Å². The van der Waals surface area contributed by atoms with Gasteiger partial charge in [-0.3, -0.25) is 4.79 Å². The molecule has 4 aromatic rings. The van der Waals surface area contributed by atoms with Crippen LogP contribution in [0, 0.1) is 5.82 Å². The second-order valence-electron chi connectivity index (χ2n) is 7.18. The number of hydrogen-bond donors (Lipinski definition) is 2. The molecule has 0 fully saturated rings. The molecule has 1 atom stereocenters. The summed E-state index contributed by atoms with van der Waals surface area (Å²) in [6.07, 6.45) is 0. The lowest BCUT2D eigenvalue weighted by Gasteiger charge is -2.12. The van der Waals surface area contributed by atoms with E-state index < -0.39 is 5.25 Å². The van der Waals surface area contributed by atoms with Crippen molar-refractivity contribution in [1.29, 1.82) is 0 Å². The number of carbonyl (C=O) groups is 1. The molecule has 0 saturated carbocycles. The summed E-state index contributed by atoms with van der Waals surface area (Å²) < 4.78 is 14.4. The molecule has 33 heavy (non-hydrogen) atoms. The first kappa shape index (κ1) is 21.6. The van der Waals surface area contributed by atoms with Crippen LogP contribution in [0.2, 0.25) is 5.02 Å². The molecule has 0 saturated heterocycles. The van der Waals surface area contributed by atoms with Gasteiger partial charge >= 0.3 is 0 Å². The monoisotopic (exact) mass is 494 g/mol. The summed E-state index contributed by atoms with van der Waals surface area (Å²) in [5.41, 5.74) is 9.41. The van der Waals surface area contributed by atoms with Crippen LogP contribution in [0.1, 0.15) is 5.01 Å². The predicted octanol–water partition coefficient (Wildman–Crippen LogP) is 6.24. The van der Waals surface area contributed by atoms with E-state index in [0.29, 0.717) is 37.7 Å². The number of carbonyl (C=O) groups excluding carboxylic acids is 1. The Morgan fingerprint density at radius 3 is 2.55 bits per heavy atom. The highest BCUT2D eigenvalue weighted by Gasteiger charge is 2.37. The van der Waals surface area contributed by atoms with Crippen molar-refractivity contribution in [2.75, 3.05) is 5.32 Å². The van der Waals surface area contributed by atoms with Crippen LogP contribution in [0.4, 0.5) is 15.8 Å². The van der Waals surface area contributed by atoms with Crippen molar-refractivity contribution in [2.24, 2.45) is 10.7 Å². The summed E-state index contributed by atoms with van der Waals surface area (Å²) >= 11 is 8.91. The lowest BCUT2D eigenvalue weighted by molar-refractivity contribution is -0.115. The molecule has 0 aliphatic carbocycles. The molecule has 2 heterocycles. The fourth-order valence-electron chi connectivity index (χ4n) is 3.35. The standard InChI is InChI=1S/C24H16ClFN4OS2/c25-15-5-1-2-6-16(15)29-22(31)21-20(27)19(24-30-17-7-3-4-8-18(17)32-24)23(33-21)28-14-11-9-13(26)10-12-14/h1-12,21H,27H2,(H,29,31). The summed E-state index contributed by atoms with van der Waals surface area (Å²) in [7, 11) is 0. The first-order valence-corrected chi connectivity index (χ1v) is 12.0. The van der Waals surface area contributed by atoms with Gasteiger partial charge in [0, 0.05) is 5.70 Å². The van der Waals surface area contributed by atoms with Crippen LogP contribution < -0.4 is 11.1 Å². The molecule has 1 aromatic heterocycles. The second-order valence-corrected chi connectivity index (χ2v) is 9.71. The van der Waals surface area contributed by atoms with Gasteiger partial charge in [0.15, 0.2) is 0 Å². The quantitative estimate of drug-likeness (QED) is 0.351. The molecule has 1 aliphatic heterocycles. The number of aliphatic imine (C=N–C) groups is 1. The van der Waals surface area contributed by atoms with E-state index in [0.717, 1.165) is 10.2 Å². The predicted molar refractivity (Wildman–Crippen MR) is 136 cm³/mol. The lowest BCUT2D eigenvalue weighted by atomic mass is 10.1. The van der Waals surface area contributed by atoms with Crippen molar-refractivity contribution >= 4 is 72.8 Å². The zero-order valence-corrected chi connectivity index (χ0v) is 19.3. The SMILES string of the molecule is NC1=C(c2nc3ccccc3s2)C(=Nc2ccc(F)cc2)SC1C(=O)Nc1ccccc1Cl. The number of para-hydroxylation sites is 2. The third kappa shape index (κ3) is 4.37. The molecule has 1 amide bonds. The summed E-state index contributed by atoms with van der Waals surface area (Å²) in [6.45, 7) is 0. The number of thiazole rings is 1. The zero-order chi connectivity index (χ0) is 22.9. The highest BCUT2D eigenvalue weighted by atomic mass is 35.5. The number of anilines is 1. The molecular formula is C24H16ClFN4OS2. The van der Waals surface area contributed by atoms with Gasteiger partial charge in [-0.1, -0.05) is 47.6 Å². The van der Waals surface area contributed by atoms with E-state index in [1.807, 2.05) is 24.3 Å². The number of nitrogens with two attached hydrogens (primary N) is 1. The average molecular weight is 495 g/mol. The number of nitrogens with one attached hydrogen (secondary N) is 1. The van der Waals surface area contributed by atoms with Crippen molar-refractivity contribution in [3.63, 3.8) is 0 Å². The van der Waals surface area contributed by atoms with Crippen LogP contribution in [-0.4, -0.2) is 21.2 Å². The molecule has 164 valence electrons. The Kier molecular flexibility index (Phi) is 5.88. The number of benzene rings is 3. The number of thioether (sulfide) groups is 1. The van der Waals surface area contributed by atoms with Crippen molar-refractivity contribution in [3.05, 3.63) is 94.3 Å². The Morgan fingerprint density at radius 2 is 1.79 bits per heavy atom. The van der Waals surface area contributed by atoms with Crippen LogP contribution in [0.5, 0.6) is 0 Å². The molecule has 0 bridgehead atoms. The molecule has 5 nitrogen and oxygen atoms in total. The van der Waals surface area contributed by atoms with E-state index in [2.05, 4.69) is 10.3 Å². The van der Waals surface area contributed by atoms with E-state index in [1.165, 1.54) is 35.2 Å². The third-order valence-electron chi connectivity index (χ3n) is 4.95. The van der Waals surface area contributed by atoms with E-state index in [4.69, 9.17) is 22.3 Å². The molecule has 1 aliphatic rings. The summed E-state index contributed by atoms with van der Waals surface area (Å²) in [5.74, 6) is -0.662. The number of amides is 1. The van der Waals surface area contributed by atoms with Crippen molar-refractivity contribution in [3.8, 4) is 0 Å². The number of rotatable bonds is 4. The number of nitrogens with zero attached hydrogens (tertiary/aromatic N) is 2. The Labute approximate surface area is 202 Å². The van der Waals surface area contributed by atoms with Gasteiger partial charge in [-0.05, 0) is 48.5 Å². The van der Waals surface area contributed by atoms with E-state index >= 15 is 0 Å². The first-order chi connectivity index (χ1) is 16.0. The van der Waals surface area contributed by atoms with Crippen molar-refractivity contribution < 1.29 is 9.18 Å². The molecule has 0 radical (unpaired) electrons. The molecule has 3 aromatic carbocycles. The first-order valence-electron chi connectivity index (χ1n) is 9.92. The van der Waals surface area contributed by atoms with Crippen LogP contribution in [0.15, 0.2) is 83.5 Å². The van der Waals surface area contributed by atoms with Crippen LogP contribution in [-0.2, 0) is 4.79 Å². The Balaban J connectivity index is 1.56. The Hall–Kier alpha value is -3.20.